The van der Waals surface area contributed by atoms with Gasteiger partial charge in [0.05, 0.1) is 17.5 Å². The summed E-state index contributed by atoms with van der Waals surface area (Å²) in [5.74, 6) is 2.99. The molecule has 2 aromatic heterocycles. The van der Waals surface area contributed by atoms with E-state index in [0.717, 1.165) is 49.0 Å². The third-order valence-corrected chi connectivity index (χ3v) is 6.17. The maximum absolute atomic E-state index is 13.2. The SMILES string of the molecule is CC1CCN(c2nc3c(c(Nc4ccccc4)n2)C(=O)CC(c2ccco2)C3)CC1. The lowest BCUT2D eigenvalue weighted by Crippen LogP contribution is -2.35. The Balaban J connectivity index is 1.54. The minimum absolute atomic E-state index is 0.0219. The minimum Gasteiger partial charge on any atom is -0.469 e. The van der Waals surface area contributed by atoms with Crippen molar-refractivity contribution >= 4 is 23.2 Å². The Morgan fingerprint density at radius 3 is 2.57 bits per heavy atom. The van der Waals surface area contributed by atoms with E-state index in [9.17, 15) is 4.79 Å². The first-order valence-corrected chi connectivity index (χ1v) is 10.7. The number of nitrogens with zero attached hydrogens (tertiary/aromatic N) is 3. The van der Waals surface area contributed by atoms with E-state index in [4.69, 9.17) is 14.4 Å². The second-order valence-corrected chi connectivity index (χ2v) is 8.40. The van der Waals surface area contributed by atoms with E-state index in [1.807, 2.05) is 42.5 Å². The predicted molar refractivity (Wildman–Crippen MR) is 116 cm³/mol. The molecule has 154 valence electrons. The van der Waals surface area contributed by atoms with Gasteiger partial charge in [0.2, 0.25) is 5.95 Å². The third-order valence-electron chi connectivity index (χ3n) is 6.17. The van der Waals surface area contributed by atoms with E-state index in [-0.39, 0.29) is 11.7 Å². The van der Waals surface area contributed by atoms with Gasteiger partial charge in [-0.15, -0.1) is 0 Å². The Morgan fingerprint density at radius 1 is 1.03 bits per heavy atom. The van der Waals surface area contributed by atoms with Gasteiger partial charge in [-0.1, -0.05) is 25.1 Å². The quantitative estimate of drug-likeness (QED) is 0.665. The van der Waals surface area contributed by atoms with Crippen molar-refractivity contribution in [1.82, 2.24) is 9.97 Å². The van der Waals surface area contributed by atoms with Crippen LogP contribution in [0.1, 0.15) is 53.9 Å². The molecule has 1 aliphatic carbocycles. The van der Waals surface area contributed by atoms with E-state index in [0.29, 0.717) is 30.2 Å². The number of benzene rings is 1. The fraction of sp³-hybridized carbons (Fsp3) is 0.375. The average Bonchev–Trinajstić information content (AvgIpc) is 3.29. The third kappa shape index (κ3) is 3.70. The number of carbonyl (C=O) groups excluding carboxylic acids is 1. The molecule has 1 atom stereocenters. The van der Waals surface area contributed by atoms with Crippen LogP contribution in [0.25, 0.3) is 0 Å². The summed E-state index contributed by atoms with van der Waals surface area (Å²) in [5.41, 5.74) is 2.35. The number of anilines is 3. The zero-order valence-electron chi connectivity index (χ0n) is 17.2. The molecule has 1 fully saturated rings. The molecular formula is C24H26N4O2. The number of furan rings is 1. The van der Waals surface area contributed by atoms with Crippen LogP contribution in [0, 0.1) is 5.92 Å². The van der Waals surface area contributed by atoms with Crippen LogP contribution in [-0.2, 0) is 6.42 Å². The fourth-order valence-corrected chi connectivity index (χ4v) is 4.39. The van der Waals surface area contributed by atoms with Gasteiger partial charge in [-0.25, -0.2) is 4.98 Å². The van der Waals surface area contributed by atoms with Crippen LogP contribution in [0.4, 0.5) is 17.5 Å². The van der Waals surface area contributed by atoms with Gasteiger partial charge in [-0.05, 0) is 43.0 Å². The number of rotatable bonds is 4. The lowest BCUT2D eigenvalue weighted by Gasteiger charge is -2.32. The summed E-state index contributed by atoms with van der Waals surface area (Å²) in [4.78, 5) is 25.1. The van der Waals surface area contributed by atoms with Crippen LogP contribution in [0.15, 0.2) is 53.1 Å². The minimum atomic E-state index is 0.0219. The summed E-state index contributed by atoms with van der Waals surface area (Å²) in [6.07, 6.45) is 5.02. The molecule has 0 spiro atoms. The molecule has 0 bridgehead atoms. The zero-order chi connectivity index (χ0) is 20.5. The number of para-hydroxylation sites is 1. The van der Waals surface area contributed by atoms with Gasteiger partial charge in [0.1, 0.15) is 11.6 Å². The number of hydrogen-bond acceptors (Lipinski definition) is 6. The van der Waals surface area contributed by atoms with Crippen LogP contribution < -0.4 is 10.2 Å². The van der Waals surface area contributed by atoms with Crippen LogP contribution in [0.2, 0.25) is 0 Å². The normalized spacial score (nSPS) is 19.6. The van der Waals surface area contributed by atoms with E-state index in [1.54, 1.807) is 6.26 Å². The monoisotopic (exact) mass is 402 g/mol. The van der Waals surface area contributed by atoms with Gasteiger partial charge < -0.3 is 14.6 Å². The maximum atomic E-state index is 13.2. The fourth-order valence-electron chi connectivity index (χ4n) is 4.39. The second kappa shape index (κ2) is 7.94. The topological polar surface area (TPSA) is 71.3 Å². The highest BCUT2D eigenvalue weighted by atomic mass is 16.3. The number of Topliss-reactive ketones (excluding diaryl/α,β-unsaturated/α-hetero) is 1. The Bertz CT molecular complexity index is 1020. The molecule has 0 saturated carbocycles. The molecule has 0 amide bonds. The maximum Gasteiger partial charge on any atom is 0.227 e. The predicted octanol–water partition coefficient (Wildman–Crippen LogP) is 4.96. The zero-order valence-corrected chi connectivity index (χ0v) is 17.2. The lowest BCUT2D eigenvalue weighted by atomic mass is 9.84. The Kier molecular flexibility index (Phi) is 4.99. The molecule has 3 aromatic rings. The summed E-state index contributed by atoms with van der Waals surface area (Å²) in [6.45, 7) is 4.18. The number of hydrogen-bond donors (Lipinski definition) is 1. The first kappa shape index (κ1) is 18.9. The van der Waals surface area contributed by atoms with Crippen molar-refractivity contribution in [2.75, 3.05) is 23.3 Å². The van der Waals surface area contributed by atoms with Gasteiger partial charge in [0.15, 0.2) is 5.78 Å². The van der Waals surface area contributed by atoms with Gasteiger partial charge in [0.25, 0.3) is 0 Å². The van der Waals surface area contributed by atoms with Crippen LogP contribution in [-0.4, -0.2) is 28.8 Å². The highest BCUT2D eigenvalue weighted by molar-refractivity contribution is 6.03. The molecule has 0 radical (unpaired) electrons. The van der Waals surface area contributed by atoms with Crippen molar-refractivity contribution in [1.29, 1.82) is 0 Å². The summed E-state index contributed by atoms with van der Waals surface area (Å²) < 4.78 is 5.60. The number of aromatic nitrogens is 2. The van der Waals surface area contributed by atoms with Gasteiger partial charge in [-0.2, -0.15) is 4.98 Å². The Labute approximate surface area is 176 Å². The van der Waals surface area contributed by atoms with Gasteiger partial charge in [0, 0.05) is 37.5 Å². The molecule has 6 heteroatoms. The Hall–Kier alpha value is -3.15. The summed E-state index contributed by atoms with van der Waals surface area (Å²) in [7, 11) is 0. The molecular weight excluding hydrogens is 376 g/mol. The van der Waals surface area contributed by atoms with E-state index >= 15 is 0 Å². The van der Waals surface area contributed by atoms with Crippen molar-refractivity contribution in [3.63, 3.8) is 0 Å². The van der Waals surface area contributed by atoms with Gasteiger partial charge in [-0.3, -0.25) is 4.79 Å². The number of ketones is 1. The van der Waals surface area contributed by atoms with Gasteiger partial charge >= 0.3 is 0 Å². The summed E-state index contributed by atoms with van der Waals surface area (Å²) in [6, 6.07) is 13.7. The van der Waals surface area contributed by atoms with Crippen molar-refractivity contribution in [3.8, 4) is 0 Å². The van der Waals surface area contributed by atoms with Crippen molar-refractivity contribution in [2.24, 2.45) is 5.92 Å². The highest BCUT2D eigenvalue weighted by Crippen LogP contribution is 2.37. The second-order valence-electron chi connectivity index (χ2n) is 8.40. The van der Waals surface area contributed by atoms with E-state index in [1.165, 1.54) is 0 Å². The molecule has 1 N–H and O–H groups in total. The lowest BCUT2D eigenvalue weighted by molar-refractivity contribution is 0.0959. The van der Waals surface area contributed by atoms with Crippen LogP contribution in [0.5, 0.6) is 0 Å². The van der Waals surface area contributed by atoms with E-state index < -0.39 is 0 Å². The average molecular weight is 402 g/mol. The van der Waals surface area contributed by atoms with E-state index in [2.05, 4.69) is 17.1 Å². The highest BCUT2D eigenvalue weighted by Gasteiger charge is 2.33. The van der Waals surface area contributed by atoms with Crippen molar-refractivity contribution < 1.29 is 9.21 Å². The standard InChI is InChI=1S/C24H26N4O2/c1-16-9-11-28(12-10-16)24-26-19-14-17(21-8-5-13-30-21)15-20(29)22(19)23(27-24)25-18-6-3-2-4-7-18/h2-8,13,16-17H,9-12,14-15H2,1H3,(H,25,26,27). The van der Waals surface area contributed by atoms with Crippen molar-refractivity contribution in [2.45, 2.75) is 38.5 Å². The molecule has 6 nitrogen and oxygen atoms in total. The molecule has 3 heterocycles. The smallest absolute Gasteiger partial charge is 0.227 e. The summed E-state index contributed by atoms with van der Waals surface area (Å²) in [5, 5.41) is 3.38. The van der Waals surface area contributed by atoms with Crippen molar-refractivity contribution in [3.05, 3.63) is 65.7 Å². The first-order valence-electron chi connectivity index (χ1n) is 10.7. The molecule has 1 saturated heterocycles. The molecule has 1 aromatic carbocycles. The molecule has 1 aliphatic heterocycles. The van der Waals surface area contributed by atoms with Crippen LogP contribution in [0.3, 0.4) is 0 Å². The molecule has 30 heavy (non-hydrogen) atoms. The Morgan fingerprint density at radius 2 is 1.83 bits per heavy atom. The largest absolute Gasteiger partial charge is 0.469 e. The molecule has 1 unspecified atom stereocenters. The van der Waals surface area contributed by atoms with Crippen LogP contribution >= 0.6 is 0 Å². The number of nitrogens with one attached hydrogen (secondary N) is 1. The molecule has 2 aliphatic rings. The molecule has 5 rings (SSSR count). The summed E-state index contributed by atoms with van der Waals surface area (Å²) >= 11 is 0. The number of piperidine rings is 1. The number of fused-ring (bicyclic) bond motifs is 1. The number of carbonyl (C=O) groups is 1. The first-order chi connectivity index (χ1) is 14.7.